The first-order valence-electron chi connectivity index (χ1n) is 9.23. The standard InChI is InChI=1S/C21H27NO5/c1-5-26-16-9-13-7-8-22-20(15(13)12-17(16)27-6-2)14-10-18(24-3)21(23)19(11-14)25-4/h9-12,20,22-23H,5-8H2,1-4H3/t20-/m0/s1. The lowest BCUT2D eigenvalue weighted by Crippen LogP contribution is -2.30. The van der Waals surface area contributed by atoms with Crippen molar-refractivity contribution in [3.63, 3.8) is 0 Å². The average Bonchev–Trinajstić information content (AvgIpc) is 2.68. The second kappa shape index (κ2) is 8.39. The van der Waals surface area contributed by atoms with E-state index in [1.54, 1.807) is 0 Å². The van der Waals surface area contributed by atoms with Gasteiger partial charge in [0.25, 0.3) is 0 Å². The number of phenols is 1. The zero-order valence-corrected chi connectivity index (χ0v) is 16.3. The maximum Gasteiger partial charge on any atom is 0.200 e. The molecule has 0 radical (unpaired) electrons. The van der Waals surface area contributed by atoms with E-state index >= 15 is 0 Å². The molecule has 0 amide bonds. The van der Waals surface area contributed by atoms with Gasteiger partial charge in [-0.15, -0.1) is 0 Å². The van der Waals surface area contributed by atoms with Gasteiger partial charge in [0.2, 0.25) is 5.75 Å². The molecule has 6 heteroatoms. The Bertz CT molecular complexity index is 780. The van der Waals surface area contributed by atoms with E-state index in [4.69, 9.17) is 18.9 Å². The number of ether oxygens (including phenoxy) is 4. The minimum Gasteiger partial charge on any atom is -0.502 e. The van der Waals surface area contributed by atoms with E-state index < -0.39 is 0 Å². The highest BCUT2D eigenvalue weighted by Gasteiger charge is 2.26. The third-order valence-corrected chi connectivity index (χ3v) is 4.69. The van der Waals surface area contributed by atoms with Crippen molar-refractivity contribution in [2.45, 2.75) is 26.3 Å². The molecule has 1 atom stereocenters. The number of benzene rings is 2. The van der Waals surface area contributed by atoms with Crippen molar-refractivity contribution in [2.24, 2.45) is 0 Å². The summed E-state index contributed by atoms with van der Waals surface area (Å²) in [5.41, 5.74) is 3.30. The predicted octanol–water partition coefficient (Wildman–Crippen LogP) is 3.44. The fourth-order valence-electron chi connectivity index (χ4n) is 3.48. The van der Waals surface area contributed by atoms with Crippen LogP contribution >= 0.6 is 0 Å². The van der Waals surface area contributed by atoms with Crippen LogP contribution in [-0.4, -0.2) is 39.1 Å². The number of phenolic OH excluding ortho intramolecular Hbond substituents is 1. The van der Waals surface area contributed by atoms with Crippen LogP contribution in [0.3, 0.4) is 0 Å². The van der Waals surface area contributed by atoms with Crippen molar-refractivity contribution in [3.05, 3.63) is 41.0 Å². The largest absolute Gasteiger partial charge is 0.502 e. The molecule has 1 heterocycles. The Morgan fingerprint density at radius 3 is 2.07 bits per heavy atom. The average molecular weight is 373 g/mol. The van der Waals surface area contributed by atoms with Gasteiger partial charge in [-0.2, -0.15) is 0 Å². The van der Waals surface area contributed by atoms with Gasteiger partial charge in [-0.1, -0.05) is 0 Å². The third-order valence-electron chi connectivity index (χ3n) is 4.69. The highest BCUT2D eigenvalue weighted by molar-refractivity contribution is 5.57. The van der Waals surface area contributed by atoms with Crippen LogP contribution in [0.15, 0.2) is 24.3 Å². The molecular formula is C21H27NO5. The van der Waals surface area contributed by atoms with Crippen molar-refractivity contribution in [1.29, 1.82) is 0 Å². The summed E-state index contributed by atoms with van der Waals surface area (Å²) in [4.78, 5) is 0. The molecule has 2 N–H and O–H groups in total. The first-order chi connectivity index (χ1) is 13.1. The number of hydrogen-bond acceptors (Lipinski definition) is 6. The van der Waals surface area contributed by atoms with Crippen LogP contribution in [0, 0.1) is 0 Å². The van der Waals surface area contributed by atoms with Crippen LogP contribution < -0.4 is 24.3 Å². The van der Waals surface area contributed by atoms with Crippen LogP contribution in [0.5, 0.6) is 28.7 Å². The second-order valence-corrected chi connectivity index (χ2v) is 6.27. The number of hydrogen-bond donors (Lipinski definition) is 2. The maximum absolute atomic E-state index is 10.2. The van der Waals surface area contributed by atoms with Crippen molar-refractivity contribution in [2.75, 3.05) is 34.0 Å². The maximum atomic E-state index is 10.2. The second-order valence-electron chi connectivity index (χ2n) is 6.27. The highest BCUT2D eigenvalue weighted by Crippen LogP contribution is 2.43. The van der Waals surface area contributed by atoms with Gasteiger partial charge in [-0.05, 0) is 61.2 Å². The molecular weight excluding hydrogens is 346 g/mol. The smallest absolute Gasteiger partial charge is 0.200 e. The Balaban J connectivity index is 2.09. The summed E-state index contributed by atoms with van der Waals surface area (Å²) >= 11 is 0. The van der Waals surface area contributed by atoms with Crippen LogP contribution in [0.25, 0.3) is 0 Å². The van der Waals surface area contributed by atoms with Crippen molar-refractivity contribution < 1.29 is 24.1 Å². The number of aromatic hydroxyl groups is 1. The highest BCUT2D eigenvalue weighted by atomic mass is 16.5. The molecule has 0 bridgehead atoms. The minimum atomic E-state index is -0.0629. The van der Waals surface area contributed by atoms with Crippen molar-refractivity contribution in [1.82, 2.24) is 5.32 Å². The van der Waals surface area contributed by atoms with Crippen LogP contribution in [0.1, 0.15) is 36.6 Å². The molecule has 0 aliphatic carbocycles. The van der Waals surface area contributed by atoms with E-state index in [2.05, 4.69) is 11.4 Å². The van der Waals surface area contributed by atoms with Crippen LogP contribution in [-0.2, 0) is 6.42 Å². The van der Waals surface area contributed by atoms with E-state index in [9.17, 15) is 5.11 Å². The lowest BCUT2D eigenvalue weighted by Gasteiger charge is -2.29. The molecule has 0 spiro atoms. The van der Waals surface area contributed by atoms with Crippen molar-refractivity contribution in [3.8, 4) is 28.7 Å². The molecule has 2 aromatic carbocycles. The number of fused-ring (bicyclic) bond motifs is 1. The molecule has 0 fully saturated rings. The summed E-state index contributed by atoms with van der Waals surface area (Å²) in [5.74, 6) is 2.29. The molecule has 3 rings (SSSR count). The van der Waals surface area contributed by atoms with E-state index in [1.165, 1.54) is 19.8 Å². The molecule has 2 aromatic rings. The lowest BCUT2D eigenvalue weighted by molar-refractivity contribution is 0.286. The number of rotatable bonds is 7. The minimum absolute atomic E-state index is 0.00137. The molecule has 146 valence electrons. The van der Waals surface area contributed by atoms with Crippen LogP contribution in [0.2, 0.25) is 0 Å². The van der Waals surface area contributed by atoms with Gasteiger partial charge in [0.05, 0.1) is 33.5 Å². The normalized spacial score (nSPS) is 15.8. The van der Waals surface area contributed by atoms with E-state index in [0.717, 1.165) is 35.6 Å². The Labute approximate surface area is 160 Å². The summed E-state index contributed by atoms with van der Waals surface area (Å²) in [6.45, 7) is 5.92. The monoisotopic (exact) mass is 373 g/mol. The number of nitrogens with one attached hydrogen (secondary N) is 1. The van der Waals surface area contributed by atoms with E-state index in [-0.39, 0.29) is 11.8 Å². The molecule has 0 aromatic heterocycles. The molecule has 6 nitrogen and oxygen atoms in total. The molecule has 0 unspecified atom stereocenters. The Kier molecular flexibility index (Phi) is 5.96. The summed E-state index contributed by atoms with van der Waals surface area (Å²) in [6.07, 6.45) is 0.907. The fraction of sp³-hybridized carbons (Fsp3) is 0.429. The van der Waals surface area contributed by atoms with Gasteiger partial charge in [-0.25, -0.2) is 0 Å². The first-order valence-corrected chi connectivity index (χ1v) is 9.23. The molecule has 0 saturated carbocycles. The van der Waals surface area contributed by atoms with Gasteiger partial charge in [0.15, 0.2) is 23.0 Å². The van der Waals surface area contributed by atoms with Gasteiger partial charge < -0.3 is 29.4 Å². The molecule has 1 aliphatic rings. The topological polar surface area (TPSA) is 69.2 Å². The predicted molar refractivity (Wildman–Crippen MR) is 104 cm³/mol. The zero-order valence-electron chi connectivity index (χ0n) is 16.3. The summed E-state index contributed by atoms with van der Waals surface area (Å²) in [5, 5.41) is 13.8. The quantitative estimate of drug-likeness (QED) is 0.775. The lowest BCUT2D eigenvalue weighted by atomic mass is 9.89. The Morgan fingerprint density at radius 2 is 1.52 bits per heavy atom. The van der Waals surface area contributed by atoms with E-state index in [0.29, 0.717) is 24.7 Å². The number of methoxy groups -OCH3 is 2. The fourth-order valence-corrected chi connectivity index (χ4v) is 3.48. The first kappa shape index (κ1) is 19.2. The van der Waals surface area contributed by atoms with Gasteiger partial charge in [0.1, 0.15) is 0 Å². The van der Waals surface area contributed by atoms with Gasteiger partial charge in [0, 0.05) is 6.54 Å². The zero-order chi connectivity index (χ0) is 19.4. The van der Waals surface area contributed by atoms with Crippen molar-refractivity contribution >= 4 is 0 Å². The Morgan fingerprint density at radius 1 is 0.926 bits per heavy atom. The third kappa shape index (κ3) is 3.76. The summed E-state index contributed by atoms with van der Waals surface area (Å²) in [6, 6.07) is 7.73. The SMILES string of the molecule is CCOc1cc2c(cc1OCC)[C@H](c1cc(OC)c(O)c(OC)c1)NCC2. The molecule has 27 heavy (non-hydrogen) atoms. The molecule has 0 saturated heterocycles. The van der Waals surface area contributed by atoms with Gasteiger partial charge in [-0.3, -0.25) is 0 Å². The molecule has 1 aliphatic heterocycles. The van der Waals surface area contributed by atoms with E-state index in [1.807, 2.05) is 32.0 Å². The summed E-state index contributed by atoms with van der Waals surface area (Å²) in [7, 11) is 3.06. The van der Waals surface area contributed by atoms with Crippen LogP contribution in [0.4, 0.5) is 0 Å². The van der Waals surface area contributed by atoms with Gasteiger partial charge >= 0.3 is 0 Å². The Hall–Kier alpha value is -2.60. The summed E-state index contributed by atoms with van der Waals surface area (Å²) < 4.78 is 22.2.